The number of carbonyl (C=O) groups is 1. The van der Waals surface area contributed by atoms with Crippen LogP contribution in [-0.4, -0.2) is 61.1 Å². The minimum atomic E-state index is -0.316. The largest absolute Gasteiger partial charge is 0.497 e. The van der Waals surface area contributed by atoms with E-state index in [0.717, 1.165) is 17.0 Å². The van der Waals surface area contributed by atoms with Gasteiger partial charge in [0.15, 0.2) is 11.0 Å². The zero-order valence-electron chi connectivity index (χ0n) is 21.4. The summed E-state index contributed by atoms with van der Waals surface area (Å²) >= 11 is 1.25. The molecule has 1 aromatic heterocycles. The van der Waals surface area contributed by atoms with Crippen LogP contribution in [0, 0.1) is 0 Å². The van der Waals surface area contributed by atoms with E-state index in [9.17, 15) is 4.79 Å². The van der Waals surface area contributed by atoms with Crippen molar-refractivity contribution in [2.24, 2.45) is 5.10 Å². The number of thioether (sulfide) groups is 1. The number of amides is 1. The molecule has 0 bridgehead atoms. The molecule has 10 nitrogen and oxygen atoms in total. The molecule has 0 radical (unpaired) electrons. The number of benzene rings is 3. The second kappa shape index (κ2) is 12.6. The number of aromatic nitrogens is 3. The fraction of sp³-hybridized carbons (Fsp3) is 0.185. The molecule has 11 heteroatoms. The lowest BCUT2D eigenvalue weighted by Gasteiger charge is -2.12. The molecule has 4 rings (SSSR count). The van der Waals surface area contributed by atoms with Crippen LogP contribution in [0.25, 0.3) is 17.1 Å². The third-order valence-corrected chi connectivity index (χ3v) is 6.39. The number of ether oxygens (including phenoxy) is 4. The lowest BCUT2D eigenvalue weighted by atomic mass is 10.2. The molecule has 0 atom stereocenters. The van der Waals surface area contributed by atoms with Crippen LogP contribution in [0.5, 0.6) is 23.0 Å². The molecular formula is C27H27N5O5S. The molecule has 196 valence electrons. The second-order valence-corrected chi connectivity index (χ2v) is 8.68. The van der Waals surface area contributed by atoms with Crippen LogP contribution in [0.4, 0.5) is 0 Å². The van der Waals surface area contributed by atoms with Gasteiger partial charge in [0, 0.05) is 23.4 Å². The molecule has 0 aliphatic heterocycles. The van der Waals surface area contributed by atoms with Crippen molar-refractivity contribution in [3.8, 4) is 40.1 Å². The van der Waals surface area contributed by atoms with Gasteiger partial charge in [-0.05, 0) is 24.3 Å². The van der Waals surface area contributed by atoms with E-state index in [1.54, 1.807) is 26.4 Å². The van der Waals surface area contributed by atoms with Gasteiger partial charge < -0.3 is 18.9 Å². The van der Waals surface area contributed by atoms with Gasteiger partial charge >= 0.3 is 0 Å². The summed E-state index contributed by atoms with van der Waals surface area (Å²) in [5, 5.41) is 13.4. The van der Waals surface area contributed by atoms with Gasteiger partial charge in [-0.15, -0.1) is 10.2 Å². The van der Waals surface area contributed by atoms with Crippen molar-refractivity contribution in [3.05, 3.63) is 72.3 Å². The molecule has 0 aliphatic rings. The van der Waals surface area contributed by atoms with Crippen LogP contribution in [0.1, 0.15) is 5.56 Å². The Labute approximate surface area is 224 Å². The Morgan fingerprint density at radius 3 is 2.16 bits per heavy atom. The summed E-state index contributed by atoms with van der Waals surface area (Å²) in [6.45, 7) is 0. The lowest BCUT2D eigenvalue weighted by Crippen LogP contribution is -2.20. The molecular weight excluding hydrogens is 506 g/mol. The molecule has 3 aromatic carbocycles. The van der Waals surface area contributed by atoms with Crippen molar-refractivity contribution in [2.45, 2.75) is 5.16 Å². The SMILES string of the molecule is COc1ccc(-n2c(SCC(=O)NN=Cc3c(OC)cc(OC)cc3OC)nnc2-c2ccccc2)cc1. The smallest absolute Gasteiger partial charge is 0.250 e. The third-order valence-electron chi connectivity index (χ3n) is 5.46. The number of hydrogen-bond donors (Lipinski definition) is 1. The molecule has 0 fully saturated rings. The van der Waals surface area contributed by atoms with Crippen LogP contribution in [0.2, 0.25) is 0 Å². The number of hydrazone groups is 1. The first-order chi connectivity index (χ1) is 18.6. The topological polar surface area (TPSA) is 109 Å². The fourth-order valence-corrected chi connectivity index (χ4v) is 4.34. The van der Waals surface area contributed by atoms with Gasteiger partial charge in [-0.2, -0.15) is 5.10 Å². The first-order valence-corrected chi connectivity index (χ1v) is 12.5. The maximum Gasteiger partial charge on any atom is 0.250 e. The standard InChI is InChI=1S/C27H27N5O5S/c1-34-20-12-10-19(11-13-20)32-26(18-8-6-5-7-9-18)30-31-27(32)38-17-25(33)29-28-16-22-23(36-3)14-21(35-2)15-24(22)37-4/h5-16H,17H2,1-4H3,(H,29,33). The van der Waals surface area contributed by atoms with Crippen LogP contribution < -0.4 is 24.4 Å². The predicted octanol–water partition coefficient (Wildman–Crippen LogP) is 4.21. The van der Waals surface area contributed by atoms with E-state index in [4.69, 9.17) is 18.9 Å². The van der Waals surface area contributed by atoms with Crippen molar-refractivity contribution >= 4 is 23.9 Å². The number of nitrogens with one attached hydrogen (secondary N) is 1. The Hall–Kier alpha value is -4.51. The highest BCUT2D eigenvalue weighted by atomic mass is 32.2. The normalized spacial score (nSPS) is 10.8. The highest BCUT2D eigenvalue weighted by Gasteiger charge is 2.17. The predicted molar refractivity (Wildman–Crippen MR) is 146 cm³/mol. The first kappa shape index (κ1) is 26.6. The van der Waals surface area contributed by atoms with E-state index in [0.29, 0.717) is 33.8 Å². The van der Waals surface area contributed by atoms with Gasteiger partial charge in [0.1, 0.15) is 23.0 Å². The van der Waals surface area contributed by atoms with Gasteiger partial charge in [0.25, 0.3) is 5.91 Å². The van der Waals surface area contributed by atoms with E-state index >= 15 is 0 Å². The quantitative estimate of drug-likeness (QED) is 0.174. The number of methoxy groups -OCH3 is 4. The van der Waals surface area contributed by atoms with Crippen LogP contribution in [0.3, 0.4) is 0 Å². The number of rotatable bonds is 11. The molecule has 0 aliphatic carbocycles. The van der Waals surface area contributed by atoms with Crippen molar-refractivity contribution in [1.82, 2.24) is 20.2 Å². The molecule has 0 unspecified atom stereocenters. The molecule has 1 heterocycles. The number of carbonyl (C=O) groups excluding carboxylic acids is 1. The zero-order chi connectivity index (χ0) is 26.9. The zero-order valence-corrected chi connectivity index (χ0v) is 22.2. The average molecular weight is 534 g/mol. The van der Waals surface area contributed by atoms with E-state index < -0.39 is 0 Å². The monoisotopic (exact) mass is 533 g/mol. The molecule has 0 spiro atoms. The minimum Gasteiger partial charge on any atom is -0.497 e. The Morgan fingerprint density at radius 1 is 0.895 bits per heavy atom. The lowest BCUT2D eigenvalue weighted by molar-refractivity contribution is -0.118. The number of hydrogen-bond acceptors (Lipinski definition) is 9. The summed E-state index contributed by atoms with van der Waals surface area (Å²) in [5.41, 5.74) is 4.85. The molecule has 1 amide bonds. The Balaban J connectivity index is 1.51. The molecule has 0 saturated carbocycles. The molecule has 4 aromatic rings. The Bertz CT molecular complexity index is 1380. The summed E-state index contributed by atoms with van der Waals surface area (Å²) in [6, 6.07) is 20.7. The maximum atomic E-state index is 12.6. The van der Waals surface area contributed by atoms with Crippen molar-refractivity contribution in [3.63, 3.8) is 0 Å². The van der Waals surface area contributed by atoms with E-state index in [-0.39, 0.29) is 11.7 Å². The van der Waals surface area contributed by atoms with Crippen molar-refractivity contribution in [1.29, 1.82) is 0 Å². The van der Waals surface area contributed by atoms with Gasteiger partial charge in [0.2, 0.25) is 0 Å². The number of nitrogens with zero attached hydrogens (tertiary/aromatic N) is 4. The Kier molecular flexibility index (Phi) is 8.83. The highest BCUT2D eigenvalue weighted by Crippen LogP contribution is 2.33. The first-order valence-electron chi connectivity index (χ1n) is 11.5. The summed E-state index contributed by atoms with van der Waals surface area (Å²) in [7, 11) is 6.23. The van der Waals surface area contributed by atoms with Crippen molar-refractivity contribution in [2.75, 3.05) is 34.2 Å². The summed E-state index contributed by atoms with van der Waals surface area (Å²) < 4.78 is 23.3. The van der Waals surface area contributed by atoms with Gasteiger partial charge in [0.05, 0.1) is 46.0 Å². The summed E-state index contributed by atoms with van der Waals surface area (Å²) in [5.74, 6) is 2.71. The Morgan fingerprint density at radius 2 is 1.55 bits per heavy atom. The highest BCUT2D eigenvalue weighted by molar-refractivity contribution is 7.99. The maximum absolute atomic E-state index is 12.6. The van der Waals surface area contributed by atoms with Crippen LogP contribution in [0.15, 0.2) is 77.0 Å². The van der Waals surface area contributed by atoms with E-state index in [1.807, 2.05) is 59.2 Å². The van der Waals surface area contributed by atoms with Crippen LogP contribution >= 0.6 is 11.8 Å². The molecule has 1 N–H and O–H groups in total. The second-order valence-electron chi connectivity index (χ2n) is 7.73. The van der Waals surface area contributed by atoms with Crippen molar-refractivity contribution < 1.29 is 23.7 Å². The summed E-state index contributed by atoms with van der Waals surface area (Å²) in [6.07, 6.45) is 1.47. The molecule has 0 saturated heterocycles. The van der Waals surface area contributed by atoms with Crippen LogP contribution in [-0.2, 0) is 4.79 Å². The van der Waals surface area contributed by atoms with Gasteiger partial charge in [-0.25, -0.2) is 5.43 Å². The minimum absolute atomic E-state index is 0.0668. The van der Waals surface area contributed by atoms with E-state index in [2.05, 4.69) is 20.7 Å². The third kappa shape index (κ3) is 6.06. The van der Waals surface area contributed by atoms with Gasteiger partial charge in [-0.3, -0.25) is 9.36 Å². The molecule has 38 heavy (non-hydrogen) atoms. The summed E-state index contributed by atoms with van der Waals surface area (Å²) in [4.78, 5) is 12.6. The average Bonchev–Trinajstić information content (AvgIpc) is 3.40. The van der Waals surface area contributed by atoms with Gasteiger partial charge in [-0.1, -0.05) is 42.1 Å². The van der Waals surface area contributed by atoms with E-state index in [1.165, 1.54) is 32.2 Å². The fourth-order valence-electron chi connectivity index (χ4n) is 3.59.